The molecule has 2 aromatic rings. The fourth-order valence-electron chi connectivity index (χ4n) is 2.15. The van der Waals surface area contributed by atoms with Gasteiger partial charge in [0.1, 0.15) is 0 Å². The monoisotopic (exact) mass is 322 g/mol. The number of nitrogens with one attached hydrogen (secondary N) is 1. The predicted molar refractivity (Wildman–Crippen MR) is 91.6 cm³/mol. The van der Waals surface area contributed by atoms with Crippen LogP contribution in [0.2, 0.25) is 0 Å². The number of anilines is 1. The lowest BCUT2D eigenvalue weighted by Crippen LogP contribution is -2.21. The Bertz CT molecular complexity index is 812. The van der Waals surface area contributed by atoms with Crippen molar-refractivity contribution in [3.05, 3.63) is 54.1 Å². The van der Waals surface area contributed by atoms with Crippen LogP contribution >= 0.6 is 0 Å². The maximum atomic E-state index is 12.2. The number of urea groups is 1. The zero-order valence-electron chi connectivity index (χ0n) is 12.5. The van der Waals surface area contributed by atoms with Crippen LogP contribution in [0.25, 0.3) is 0 Å². The smallest absolute Gasteiger partial charge is 0.339 e. The first-order chi connectivity index (χ1) is 11.6. The van der Waals surface area contributed by atoms with Crippen molar-refractivity contribution in [1.29, 1.82) is 0 Å². The standard InChI is InChI=1S/C17H14N4O3/c18-17(23)21-12-5-3-4-11(8-12)16(22)24-13-9-19-14-6-1-2-7-15(14)20-10-13/h1-10,13H,(H3,18,21,23). The van der Waals surface area contributed by atoms with Gasteiger partial charge in [-0.05, 0) is 30.3 Å². The molecule has 0 spiro atoms. The van der Waals surface area contributed by atoms with Gasteiger partial charge in [0.15, 0.2) is 6.10 Å². The van der Waals surface area contributed by atoms with E-state index >= 15 is 0 Å². The second-order valence-electron chi connectivity index (χ2n) is 4.99. The summed E-state index contributed by atoms with van der Waals surface area (Å²) >= 11 is 0. The Hall–Kier alpha value is -3.48. The van der Waals surface area contributed by atoms with Crippen molar-refractivity contribution in [2.75, 3.05) is 5.32 Å². The van der Waals surface area contributed by atoms with Gasteiger partial charge in [0.2, 0.25) is 0 Å². The molecule has 1 aliphatic rings. The average molecular weight is 322 g/mol. The number of aliphatic imine (C=N–C) groups is 2. The normalized spacial score (nSPS) is 13.0. The number of carbonyl (C=O) groups is 2. The van der Waals surface area contributed by atoms with Crippen molar-refractivity contribution in [3.63, 3.8) is 0 Å². The molecule has 1 heterocycles. The average Bonchev–Trinajstić information content (AvgIpc) is 2.77. The molecule has 0 saturated carbocycles. The van der Waals surface area contributed by atoms with Crippen LogP contribution in [0.3, 0.4) is 0 Å². The number of primary amides is 1. The quantitative estimate of drug-likeness (QED) is 0.848. The molecule has 2 aromatic carbocycles. The van der Waals surface area contributed by atoms with Gasteiger partial charge < -0.3 is 15.8 Å². The van der Waals surface area contributed by atoms with E-state index in [2.05, 4.69) is 15.3 Å². The molecule has 120 valence electrons. The van der Waals surface area contributed by atoms with E-state index in [9.17, 15) is 9.59 Å². The van der Waals surface area contributed by atoms with Crippen molar-refractivity contribution >= 4 is 41.5 Å². The molecule has 3 N–H and O–H groups in total. The summed E-state index contributed by atoms with van der Waals surface area (Å²) in [4.78, 5) is 31.7. The van der Waals surface area contributed by atoms with E-state index in [-0.39, 0.29) is 5.56 Å². The van der Waals surface area contributed by atoms with Crippen molar-refractivity contribution in [3.8, 4) is 0 Å². The Balaban J connectivity index is 1.73. The molecule has 1 aliphatic heterocycles. The second-order valence-corrected chi connectivity index (χ2v) is 4.99. The summed E-state index contributed by atoms with van der Waals surface area (Å²) in [6.45, 7) is 0. The maximum Gasteiger partial charge on any atom is 0.339 e. The summed E-state index contributed by atoms with van der Waals surface area (Å²) in [7, 11) is 0. The molecule has 2 amide bonds. The zero-order valence-corrected chi connectivity index (χ0v) is 12.5. The van der Waals surface area contributed by atoms with Crippen molar-refractivity contribution in [2.45, 2.75) is 6.10 Å². The van der Waals surface area contributed by atoms with E-state index in [1.165, 1.54) is 18.5 Å². The van der Waals surface area contributed by atoms with Crippen LogP contribution in [0, 0.1) is 0 Å². The number of para-hydroxylation sites is 2. The molecular weight excluding hydrogens is 308 g/mol. The number of nitrogens with two attached hydrogens (primary N) is 1. The Morgan fingerprint density at radius 3 is 2.29 bits per heavy atom. The minimum atomic E-state index is -0.707. The lowest BCUT2D eigenvalue weighted by Gasteiger charge is -2.09. The number of esters is 1. The Morgan fingerprint density at radius 1 is 1.00 bits per heavy atom. The van der Waals surface area contributed by atoms with Crippen molar-refractivity contribution in [1.82, 2.24) is 0 Å². The second kappa shape index (κ2) is 6.74. The summed E-state index contributed by atoms with van der Waals surface area (Å²) in [5, 5.41) is 2.40. The highest BCUT2D eigenvalue weighted by molar-refractivity contribution is 5.98. The van der Waals surface area contributed by atoms with E-state index < -0.39 is 18.1 Å². The molecule has 0 aliphatic carbocycles. The molecule has 0 atom stereocenters. The highest BCUT2D eigenvalue weighted by Crippen LogP contribution is 2.28. The minimum absolute atomic E-state index is 0.282. The summed E-state index contributed by atoms with van der Waals surface area (Å²) in [6, 6.07) is 12.9. The Labute approximate surface area is 137 Å². The molecule has 0 unspecified atom stereocenters. The molecular formula is C17H14N4O3. The summed E-state index contributed by atoms with van der Waals surface area (Å²) in [6.07, 6.45) is 2.34. The molecule has 0 fully saturated rings. The van der Waals surface area contributed by atoms with Gasteiger partial charge in [0.25, 0.3) is 0 Å². The van der Waals surface area contributed by atoms with Gasteiger partial charge in [-0.25, -0.2) is 9.59 Å². The van der Waals surface area contributed by atoms with E-state index in [0.717, 1.165) is 0 Å². The molecule has 7 heteroatoms. The van der Waals surface area contributed by atoms with Gasteiger partial charge in [-0.2, -0.15) is 0 Å². The minimum Gasteiger partial charge on any atom is -0.447 e. The van der Waals surface area contributed by atoms with Crippen LogP contribution < -0.4 is 11.1 Å². The van der Waals surface area contributed by atoms with Crippen LogP contribution in [0.5, 0.6) is 0 Å². The molecule has 0 saturated heterocycles. The first-order valence-electron chi connectivity index (χ1n) is 7.17. The van der Waals surface area contributed by atoms with Gasteiger partial charge in [-0.15, -0.1) is 0 Å². The van der Waals surface area contributed by atoms with E-state index in [4.69, 9.17) is 10.5 Å². The third-order valence-corrected chi connectivity index (χ3v) is 3.21. The highest BCUT2D eigenvalue weighted by Gasteiger charge is 2.15. The summed E-state index contributed by atoms with van der Waals surface area (Å²) in [5.41, 5.74) is 7.17. The maximum absolute atomic E-state index is 12.2. The molecule has 3 rings (SSSR count). The number of amides is 2. The van der Waals surface area contributed by atoms with Gasteiger partial charge in [0, 0.05) is 5.69 Å². The summed E-state index contributed by atoms with van der Waals surface area (Å²) in [5.74, 6) is -0.558. The van der Waals surface area contributed by atoms with E-state index in [1.807, 2.05) is 24.3 Å². The first kappa shape index (κ1) is 15.4. The highest BCUT2D eigenvalue weighted by atomic mass is 16.5. The van der Waals surface area contributed by atoms with Crippen molar-refractivity contribution in [2.24, 2.45) is 15.7 Å². The molecule has 0 radical (unpaired) electrons. The molecule has 0 aromatic heterocycles. The molecule has 0 bridgehead atoms. The Kier molecular flexibility index (Phi) is 4.33. The van der Waals surface area contributed by atoms with Crippen LogP contribution in [0.1, 0.15) is 10.4 Å². The van der Waals surface area contributed by atoms with Gasteiger partial charge in [-0.3, -0.25) is 9.98 Å². The fourth-order valence-corrected chi connectivity index (χ4v) is 2.15. The lowest BCUT2D eigenvalue weighted by atomic mass is 10.2. The number of hydrogen-bond acceptors (Lipinski definition) is 5. The number of nitrogens with zero attached hydrogens (tertiary/aromatic N) is 2. The van der Waals surface area contributed by atoms with Crippen LogP contribution in [0.15, 0.2) is 58.5 Å². The summed E-state index contributed by atoms with van der Waals surface area (Å²) < 4.78 is 5.37. The SMILES string of the molecule is NC(=O)Nc1cccc(C(=O)OC2C=Nc3ccccc3N=C2)c1. The van der Waals surface area contributed by atoms with Crippen molar-refractivity contribution < 1.29 is 14.3 Å². The zero-order chi connectivity index (χ0) is 16.9. The largest absolute Gasteiger partial charge is 0.447 e. The molecule has 7 nitrogen and oxygen atoms in total. The van der Waals surface area contributed by atoms with Crippen LogP contribution in [0.4, 0.5) is 21.9 Å². The topological polar surface area (TPSA) is 106 Å². The van der Waals surface area contributed by atoms with Crippen LogP contribution in [-0.2, 0) is 4.74 Å². The number of rotatable bonds is 3. The number of fused-ring (bicyclic) bond motifs is 1. The Morgan fingerprint density at radius 2 is 1.67 bits per heavy atom. The van der Waals surface area contributed by atoms with E-state index in [0.29, 0.717) is 17.1 Å². The van der Waals surface area contributed by atoms with Gasteiger partial charge in [-0.1, -0.05) is 18.2 Å². The van der Waals surface area contributed by atoms with E-state index in [1.54, 1.807) is 18.2 Å². The molecule has 24 heavy (non-hydrogen) atoms. The van der Waals surface area contributed by atoms with Gasteiger partial charge >= 0.3 is 12.0 Å². The third-order valence-electron chi connectivity index (χ3n) is 3.21. The fraction of sp³-hybridized carbons (Fsp3) is 0.0588. The number of ether oxygens (including phenoxy) is 1. The van der Waals surface area contributed by atoms with Crippen LogP contribution in [-0.4, -0.2) is 30.5 Å². The predicted octanol–water partition coefficient (Wildman–Crippen LogP) is 2.82. The first-order valence-corrected chi connectivity index (χ1v) is 7.17. The lowest BCUT2D eigenvalue weighted by molar-refractivity contribution is 0.0517. The number of carbonyl (C=O) groups excluding carboxylic acids is 2. The third kappa shape index (κ3) is 3.64. The van der Waals surface area contributed by atoms with Gasteiger partial charge in [0.05, 0.1) is 29.4 Å². The number of benzene rings is 2. The number of hydrogen-bond donors (Lipinski definition) is 2.